The van der Waals surface area contributed by atoms with Crippen LogP contribution in [0.4, 0.5) is 0 Å². The molecule has 0 fully saturated rings. The van der Waals surface area contributed by atoms with Gasteiger partial charge in [-0.3, -0.25) is 9.59 Å². The van der Waals surface area contributed by atoms with E-state index in [4.69, 9.17) is 4.78 Å². The van der Waals surface area contributed by atoms with Gasteiger partial charge >= 0.3 is 0 Å². The predicted octanol–water partition coefficient (Wildman–Crippen LogP) is 4.27. The van der Waals surface area contributed by atoms with E-state index in [0.29, 0.717) is 4.90 Å². The van der Waals surface area contributed by atoms with Crippen molar-refractivity contribution in [1.29, 1.82) is 4.78 Å². The summed E-state index contributed by atoms with van der Waals surface area (Å²) in [5, 5.41) is 3.94. The Balaban J connectivity index is 1.39. The Bertz CT molecular complexity index is 1310. The summed E-state index contributed by atoms with van der Waals surface area (Å²) in [7, 11) is -3.14. The first-order chi connectivity index (χ1) is 15.4. The second-order valence-corrected chi connectivity index (χ2v) is 9.74. The van der Waals surface area contributed by atoms with Crippen LogP contribution in [0, 0.1) is 4.78 Å². The Hall–Kier alpha value is -3.45. The minimum atomic E-state index is -3.14. The fourth-order valence-electron chi connectivity index (χ4n) is 3.83. The molecular weight excluding hydrogens is 422 g/mol. The lowest BCUT2D eigenvalue weighted by Gasteiger charge is -2.15. The van der Waals surface area contributed by atoms with E-state index >= 15 is 0 Å². The number of H-pyrrole nitrogens is 1. The number of aromatic amines is 1. The molecule has 1 heterocycles. The van der Waals surface area contributed by atoms with Gasteiger partial charge in [0.05, 0.1) is 14.6 Å². The van der Waals surface area contributed by atoms with E-state index < -0.39 is 21.2 Å². The van der Waals surface area contributed by atoms with Crippen LogP contribution in [0.5, 0.6) is 0 Å². The molecule has 1 amide bonds. The van der Waals surface area contributed by atoms with Gasteiger partial charge in [0, 0.05) is 17.6 Å². The Morgan fingerprint density at radius 1 is 1.03 bits per heavy atom. The molecule has 7 heteroatoms. The van der Waals surface area contributed by atoms with Crippen molar-refractivity contribution in [2.45, 2.75) is 30.6 Å². The largest absolute Gasteiger partial charge is 0.348 e. The van der Waals surface area contributed by atoms with Crippen LogP contribution in [-0.4, -0.2) is 21.6 Å². The van der Waals surface area contributed by atoms with Gasteiger partial charge in [0.1, 0.15) is 5.56 Å². The molecule has 164 valence electrons. The Labute approximate surface area is 187 Å². The molecule has 6 nitrogen and oxygen atoms in total. The number of benzene rings is 2. The lowest BCUT2D eigenvalue weighted by molar-refractivity contribution is 0.0956. The second kappa shape index (κ2) is 9.36. The average molecular weight is 448 g/mol. The van der Waals surface area contributed by atoms with Crippen molar-refractivity contribution >= 4 is 15.6 Å². The van der Waals surface area contributed by atoms with E-state index in [1.54, 1.807) is 18.2 Å². The summed E-state index contributed by atoms with van der Waals surface area (Å²) in [6.07, 6.45) is 5.27. The van der Waals surface area contributed by atoms with Crippen molar-refractivity contribution < 1.29 is 9.00 Å². The summed E-state index contributed by atoms with van der Waals surface area (Å²) in [5.74, 6) is -0.479. The predicted molar refractivity (Wildman–Crippen MR) is 126 cm³/mol. The fourth-order valence-corrected chi connectivity index (χ4v) is 4.90. The highest BCUT2D eigenvalue weighted by atomic mass is 32.2. The first-order valence-electron chi connectivity index (χ1n) is 10.6. The second-order valence-electron chi connectivity index (χ2n) is 7.80. The van der Waals surface area contributed by atoms with Gasteiger partial charge < -0.3 is 10.3 Å². The molecule has 1 unspecified atom stereocenters. The molecule has 4 rings (SSSR count). The molecule has 2 aromatic carbocycles. The third-order valence-electron chi connectivity index (χ3n) is 5.56. The molecule has 0 bridgehead atoms. The van der Waals surface area contributed by atoms with E-state index in [1.807, 2.05) is 42.5 Å². The number of aryl methyl sites for hydroxylation is 2. The quantitative estimate of drug-likeness (QED) is 0.526. The molecule has 1 aliphatic rings. The first-order valence-corrected chi connectivity index (χ1v) is 12.2. The monoisotopic (exact) mass is 447 g/mol. The topological polar surface area (TPSA) is 103 Å². The van der Waals surface area contributed by atoms with Crippen LogP contribution in [0.3, 0.4) is 0 Å². The van der Waals surface area contributed by atoms with Crippen LogP contribution in [0.15, 0.2) is 81.8 Å². The number of rotatable bonds is 6. The molecule has 0 saturated carbocycles. The maximum atomic E-state index is 12.8. The zero-order valence-electron chi connectivity index (χ0n) is 17.6. The van der Waals surface area contributed by atoms with E-state index in [2.05, 4.69) is 10.3 Å². The van der Waals surface area contributed by atoms with Gasteiger partial charge in [0.2, 0.25) is 0 Å². The number of pyridine rings is 1. The zero-order chi connectivity index (χ0) is 22.6. The van der Waals surface area contributed by atoms with Crippen LogP contribution in [0.1, 0.15) is 34.5 Å². The Morgan fingerprint density at radius 3 is 2.47 bits per heavy atom. The number of amides is 1. The van der Waals surface area contributed by atoms with Crippen molar-refractivity contribution in [3.05, 3.63) is 99.3 Å². The normalized spacial score (nSPS) is 15.1. The van der Waals surface area contributed by atoms with Gasteiger partial charge in [-0.15, -0.1) is 0 Å². The van der Waals surface area contributed by atoms with Gasteiger partial charge in [-0.05, 0) is 60.6 Å². The van der Waals surface area contributed by atoms with Crippen molar-refractivity contribution in [2.75, 3.05) is 6.54 Å². The SMILES string of the molecule is N=S(=O)(/C=C/CNC(=O)c1cc2c([nH]c1=O)CCCC2)c1ccc(-c2ccccc2)cc1. The van der Waals surface area contributed by atoms with Gasteiger partial charge in [0.25, 0.3) is 11.5 Å². The number of nitrogens with one attached hydrogen (secondary N) is 3. The average Bonchev–Trinajstić information content (AvgIpc) is 2.82. The number of hydrogen-bond donors (Lipinski definition) is 3. The smallest absolute Gasteiger partial charge is 0.261 e. The summed E-state index contributed by atoms with van der Waals surface area (Å²) in [5.41, 5.74) is 3.66. The van der Waals surface area contributed by atoms with Crippen LogP contribution < -0.4 is 10.9 Å². The lowest BCUT2D eigenvalue weighted by Crippen LogP contribution is -2.31. The van der Waals surface area contributed by atoms with Crippen LogP contribution >= 0.6 is 0 Å². The lowest BCUT2D eigenvalue weighted by atomic mass is 9.95. The summed E-state index contributed by atoms with van der Waals surface area (Å²) in [4.78, 5) is 27.9. The first kappa shape index (κ1) is 21.8. The Kier molecular flexibility index (Phi) is 6.37. The van der Waals surface area contributed by atoms with Gasteiger partial charge in [-0.25, -0.2) is 8.99 Å². The molecule has 32 heavy (non-hydrogen) atoms. The summed E-state index contributed by atoms with van der Waals surface area (Å²) >= 11 is 0. The molecule has 1 aliphatic carbocycles. The number of fused-ring (bicyclic) bond motifs is 1. The highest BCUT2D eigenvalue weighted by Crippen LogP contribution is 2.22. The van der Waals surface area contributed by atoms with Gasteiger partial charge in [0.15, 0.2) is 0 Å². The van der Waals surface area contributed by atoms with Crippen molar-refractivity contribution in [3.8, 4) is 11.1 Å². The molecular formula is C25H25N3O3S. The molecule has 3 N–H and O–H groups in total. The number of hydrogen-bond acceptors (Lipinski definition) is 4. The van der Waals surface area contributed by atoms with E-state index in [0.717, 1.165) is 48.1 Å². The number of carbonyl (C=O) groups is 1. The van der Waals surface area contributed by atoms with Crippen molar-refractivity contribution in [1.82, 2.24) is 10.3 Å². The molecule has 3 aromatic rings. The van der Waals surface area contributed by atoms with Crippen molar-refractivity contribution in [3.63, 3.8) is 0 Å². The van der Waals surface area contributed by atoms with E-state index in [-0.39, 0.29) is 12.1 Å². The highest BCUT2D eigenvalue weighted by molar-refractivity contribution is 7.95. The van der Waals surface area contributed by atoms with Crippen LogP contribution in [0.2, 0.25) is 0 Å². The molecule has 0 saturated heterocycles. The fraction of sp³-hybridized carbons (Fsp3) is 0.200. The van der Waals surface area contributed by atoms with Gasteiger partial charge in [-0.2, -0.15) is 0 Å². The Morgan fingerprint density at radius 2 is 1.72 bits per heavy atom. The highest BCUT2D eigenvalue weighted by Gasteiger charge is 2.16. The third-order valence-corrected chi connectivity index (χ3v) is 7.11. The van der Waals surface area contributed by atoms with Crippen LogP contribution in [-0.2, 0) is 22.6 Å². The number of aromatic nitrogens is 1. The molecule has 0 spiro atoms. The van der Waals surface area contributed by atoms with Crippen molar-refractivity contribution in [2.24, 2.45) is 0 Å². The molecule has 0 radical (unpaired) electrons. The number of carbonyl (C=O) groups excluding carboxylic acids is 1. The van der Waals surface area contributed by atoms with Crippen LogP contribution in [0.25, 0.3) is 11.1 Å². The molecule has 1 aromatic heterocycles. The minimum absolute atomic E-state index is 0.0767. The zero-order valence-corrected chi connectivity index (χ0v) is 18.4. The summed E-state index contributed by atoms with van der Waals surface area (Å²) < 4.78 is 21.0. The van der Waals surface area contributed by atoms with Gasteiger partial charge in [-0.1, -0.05) is 48.5 Å². The summed E-state index contributed by atoms with van der Waals surface area (Å²) in [6.45, 7) is 0.0767. The maximum absolute atomic E-state index is 12.8. The maximum Gasteiger partial charge on any atom is 0.261 e. The molecule has 1 atom stereocenters. The standard InChI is InChI=1S/C25H25N3O3S/c26-32(31,21-13-11-19(12-14-21)18-7-2-1-3-8-18)16-6-15-27-24(29)22-17-20-9-4-5-10-23(20)28-25(22)30/h1-3,6-8,11-14,16-17,26H,4-5,9-10,15H2,(H,27,29)(H,28,30)/b16-6+. The molecule has 0 aliphatic heterocycles. The van der Waals surface area contributed by atoms with E-state index in [9.17, 15) is 13.8 Å². The minimum Gasteiger partial charge on any atom is -0.348 e. The summed E-state index contributed by atoms with van der Waals surface area (Å²) in [6, 6.07) is 18.6. The third kappa shape index (κ3) is 4.89. The van der Waals surface area contributed by atoms with E-state index in [1.165, 1.54) is 11.5 Å².